The predicted octanol–water partition coefficient (Wildman–Crippen LogP) is 3.43. The summed E-state index contributed by atoms with van der Waals surface area (Å²) >= 11 is 1.10. The monoisotopic (exact) mass is 353 g/mol. The highest BCUT2D eigenvalue weighted by Crippen LogP contribution is 2.30. The summed E-state index contributed by atoms with van der Waals surface area (Å²) in [7, 11) is 1.29. The van der Waals surface area contributed by atoms with Crippen LogP contribution in [0.15, 0.2) is 54.6 Å². The molecule has 0 aliphatic rings. The third kappa shape index (κ3) is 3.51. The Balaban J connectivity index is 1.95. The fraction of sp³-hybridized carbons (Fsp3) is 0.0556. The van der Waals surface area contributed by atoms with Gasteiger partial charge in [-0.2, -0.15) is 0 Å². The molecule has 0 bridgehead atoms. The minimum absolute atomic E-state index is 0.275. The fourth-order valence-corrected chi connectivity index (χ4v) is 3.09. The molecule has 7 heteroatoms. The molecule has 1 amide bonds. The first-order chi connectivity index (χ1) is 12.1. The number of nitrogens with two attached hydrogens (primary N) is 1. The van der Waals surface area contributed by atoms with Crippen molar-refractivity contribution in [2.75, 3.05) is 18.2 Å². The van der Waals surface area contributed by atoms with Crippen molar-refractivity contribution in [3.05, 3.63) is 65.0 Å². The number of thiazole rings is 1. The fourth-order valence-electron chi connectivity index (χ4n) is 2.34. The number of nitrogen functional groups attached to an aromatic ring is 1. The lowest BCUT2D eigenvalue weighted by Crippen LogP contribution is -2.15. The van der Waals surface area contributed by atoms with Crippen molar-refractivity contribution in [2.24, 2.45) is 0 Å². The van der Waals surface area contributed by atoms with Crippen molar-refractivity contribution in [1.29, 1.82) is 0 Å². The third-order valence-electron chi connectivity index (χ3n) is 3.48. The van der Waals surface area contributed by atoms with Crippen molar-refractivity contribution in [3.63, 3.8) is 0 Å². The zero-order valence-corrected chi connectivity index (χ0v) is 14.2. The van der Waals surface area contributed by atoms with E-state index in [1.54, 1.807) is 24.3 Å². The number of ether oxygens (including phenoxy) is 1. The number of amides is 1. The molecule has 2 aromatic carbocycles. The first-order valence-electron chi connectivity index (χ1n) is 7.40. The molecule has 3 aromatic rings. The quantitative estimate of drug-likeness (QED) is 0.701. The van der Waals surface area contributed by atoms with Gasteiger partial charge in [-0.15, -0.1) is 0 Å². The number of nitrogens with one attached hydrogen (secondary N) is 1. The van der Waals surface area contributed by atoms with Gasteiger partial charge in [-0.3, -0.25) is 4.79 Å². The SMILES string of the molecule is COC(=O)c1ccccc1NC(=O)c1sc(N)nc1-c1ccccc1. The standard InChI is InChI=1S/C18H15N3O3S/c1-24-17(23)12-9-5-6-10-13(12)20-16(22)15-14(21-18(19)25-15)11-7-3-2-4-8-11/h2-10H,1H3,(H2,19,21)(H,20,22). The molecule has 0 saturated carbocycles. The largest absolute Gasteiger partial charge is 0.465 e. The molecule has 126 valence electrons. The Hall–Kier alpha value is -3.19. The molecular weight excluding hydrogens is 338 g/mol. The van der Waals surface area contributed by atoms with E-state index < -0.39 is 5.97 Å². The maximum absolute atomic E-state index is 12.7. The van der Waals surface area contributed by atoms with Crippen molar-refractivity contribution in [1.82, 2.24) is 4.98 Å². The summed E-state index contributed by atoms with van der Waals surface area (Å²) < 4.78 is 4.74. The first-order valence-corrected chi connectivity index (χ1v) is 8.22. The molecule has 3 N–H and O–H groups in total. The number of esters is 1. The molecule has 0 saturated heterocycles. The summed E-state index contributed by atoms with van der Waals surface area (Å²) in [4.78, 5) is 29.2. The molecule has 3 rings (SSSR count). The van der Waals surface area contributed by atoms with Crippen LogP contribution < -0.4 is 11.1 Å². The molecule has 0 aliphatic carbocycles. The van der Waals surface area contributed by atoms with Crippen LogP contribution >= 0.6 is 11.3 Å². The average Bonchev–Trinajstić information content (AvgIpc) is 3.04. The summed E-state index contributed by atoms with van der Waals surface area (Å²) in [5.74, 6) is -0.910. The second kappa shape index (κ2) is 7.14. The van der Waals surface area contributed by atoms with E-state index >= 15 is 0 Å². The van der Waals surface area contributed by atoms with Gasteiger partial charge in [0.15, 0.2) is 5.13 Å². The van der Waals surface area contributed by atoms with Gasteiger partial charge in [0.1, 0.15) is 4.88 Å². The van der Waals surface area contributed by atoms with Gasteiger partial charge in [0.25, 0.3) is 5.91 Å². The normalized spacial score (nSPS) is 10.3. The van der Waals surface area contributed by atoms with Crippen LogP contribution in [0.3, 0.4) is 0 Å². The molecule has 0 radical (unpaired) electrons. The molecular formula is C18H15N3O3S. The molecule has 1 heterocycles. The second-order valence-electron chi connectivity index (χ2n) is 5.09. The number of anilines is 2. The van der Waals surface area contributed by atoms with Crippen molar-refractivity contribution in [3.8, 4) is 11.3 Å². The van der Waals surface area contributed by atoms with E-state index in [9.17, 15) is 9.59 Å². The van der Waals surface area contributed by atoms with Gasteiger partial charge >= 0.3 is 5.97 Å². The smallest absolute Gasteiger partial charge is 0.339 e. The highest BCUT2D eigenvalue weighted by molar-refractivity contribution is 7.17. The van der Waals surface area contributed by atoms with Gasteiger partial charge in [-0.25, -0.2) is 9.78 Å². The van der Waals surface area contributed by atoms with Crippen molar-refractivity contribution in [2.45, 2.75) is 0 Å². The number of aromatic nitrogens is 1. The number of methoxy groups -OCH3 is 1. The molecule has 1 aromatic heterocycles. The van der Waals surface area contributed by atoms with E-state index in [1.165, 1.54) is 7.11 Å². The molecule has 6 nitrogen and oxygen atoms in total. The van der Waals surface area contributed by atoms with Gasteiger partial charge in [0.2, 0.25) is 0 Å². The van der Waals surface area contributed by atoms with Gasteiger partial charge in [-0.1, -0.05) is 53.8 Å². The van der Waals surface area contributed by atoms with Crippen LogP contribution in [0.4, 0.5) is 10.8 Å². The van der Waals surface area contributed by atoms with E-state index in [0.29, 0.717) is 21.4 Å². The molecule has 0 aliphatic heterocycles. The van der Waals surface area contributed by atoms with Crippen LogP contribution in [0, 0.1) is 0 Å². The van der Waals surface area contributed by atoms with Gasteiger partial charge in [0, 0.05) is 5.56 Å². The summed E-state index contributed by atoms with van der Waals surface area (Å²) in [6.07, 6.45) is 0. The molecule has 0 spiro atoms. The maximum atomic E-state index is 12.7. The van der Waals surface area contributed by atoms with Crippen LogP contribution in [0.2, 0.25) is 0 Å². The zero-order valence-electron chi connectivity index (χ0n) is 13.4. The number of hydrogen-bond donors (Lipinski definition) is 2. The van der Waals surface area contributed by atoms with E-state index in [2.05, 4.69) is 10.3 Å². The molecule has 0 unspecified atom stereocenters. The number of carbonyl (C=O) groups is 2. The number of nitrogens with zero attached hydrogens (tertiary/aromatic N) is 1. The number of rotatable bonds is 4. The zero-order chi connectivity index (χ0) is 17.8. The Morgan fingerprint density at radius 1 is 1.08 bits per heavy atom. The Morgan fingerprint density at radius 2 is 1.76 bits per heavy atom. The minimum atomic E-state index is -0.525. The number of benzene rings is 2. The van der Waals surface area contributed by atoms with Crippen LogP contribution in [-0.4, -0.2) is 24.0 Å². The van der Waals surface area contributed by atoms with E-state index in [-0.39, 0.29) is 11.5 Å². The van der Waals surface area contributed by atoms with Gasteiger partial charge in [-0.05, 0) is 12.1 Å². The summed E-state index contributed by atoms with van der Waals surface area (Å²) in [6.45, 7) is 0. The number of para-hydroxylation sites is 1. The van der Waals surface area contributed by atoms with Crippen molar-refractivity contribution >= 4 is 34.0 Å². The number of hydrogen-bond acceptors (Lipinski definition) is 6. The Kier molecular flexibility index (Phi) is 4.76. The summed E-state index contributed by atoms with van der Waals surface area (Å²) in [5, 5.41) is 3.04. The lowest BCUT2D eigenvalue weighted by Gasteiger charge is -2.09. The van der Waals surface area contributed by atoms with Crippen molar-refractivity contribution < 1.29 is 14.3 Å². The predicted molar refractivity (Wildman–Crippen MR) is 97.7 cm³/mol. The van der Waals surface area contributed by atoms with Crippen LogP contribution in [0.1, 0.15) is 20.0 Å². The Morgan fingerprint density at radius 3 is 2.48 bits per heavy atom. The first kappa shape index (κ1) is 16.7. The van der Waals surface area contributed by atoms with E-state index in [4.69, 9.17) is 10.5 Å². The van der Waals surface area contributed by atoms with Crippen LogP contribution in [-0.2, 0) is 4.74 Å². The maximum Gasteiger partial charge on any atom is 0.339 e. The van der Waals surface area contributed by atoms with Gasteiger partial charge < -0.3 is 15.8 Å². The highest BCUT2D eigenvalue weighted by Gasteiger charge is 2.20. The third-order valence-corrected chi connectivity index (χ3v) is 4.36. The summed E-state index contributed by atoms with van der Waals surface area (Å²) in [6, 6.07) is 16.0. The second-order valence-corrected chi connectivity index (χ2v) is 6.12. The lowest BCUT2D eigenvalue weighted by atomic mass is 10.1. The molecule has 0 fully saturated rings. The lowest BCUT2D eigenvalue weighted by molar-refractivity contribution is 0.0602. The highest BCUT2D eigenvalue weighted by atomic mass is 32.1. The molecule has 0 atom stereocenters. The Labute approximate surface area is 148 Å². The topological polar surface area (TPSA) is 94.3 Å². The number of carbonyl (C=O) groups excluding carboxylic acids is 2. The van der Waals surface area contributed by atoms with E-state index in [0.717, 1.165) is 16.9 Å². The van der Waals surface area contributed by atoms with Crippen LogP contribution in [0.5, 0.6) is 0 Å². The summed E-state index contributed by atoms with van der Waals surface area (Å²) in [5.41, 5.74) is 7.75. The van der Waals surface area contributed by atoms with Gasteiger partial charge in [0.05, 0.1) is 24.1 Å². The Bertz CT molecular complexity index is 922. The minimum Gasteiger partial charge on any atom is -0.465 e. The average molecular weight is 353 g/mol. The van der Waals surface area contributed by atoms with Crippen LogP contribution in [0.25, 0.3) is 11.3 Å². The van der Waals surface area contributed by atoms with E-state index in [1.807, 2.05) is 30.3 Å². The molecule has 25 heavy (non-hydrogen) atoms.